The lowest BCUT2D eigenvalue weighted by molar-refractivity contribution is -0.123. The maximum absolute atomic E-state index is 12.5. The highest BCUT2D eigenvalue weighted by Gasteiger charge is 2.20. The number of hydrogen-bond acceptors (Lipinski definition) is 6. The summed E-state index contributed by atoms with van der Waals surface area (Å²) in [6.07, 6.45) is 0. The van der Waals surface area contributed by atoms with E-state index in [1.807, 2.05) is 38.1 Å². The Labute approximate surface area is 165 Å². The van der Waals surface area contributed by atoms with Crippen molar-refractivity contribution in [3.63, 3.8) is 0 Å². The molecule has 1 aromatic carbocycles. The molecule has 1 heterocycles. The van der Waals surface area contributed by atoms with Gasteiger partial charge in [0.15, 0.2) is 5.82 Å². The Kier molecular flexibility index (Phi) is 7.57. The third kappa shape index (κ3) is 6.38. The van der Waals surface area contributed by atoms with Crippen LogP contribution in [0.2, 0.25) is 0 Å². The van der Waals surface area contributed by atoms with Crippen molar-refractivity contribution in [2.75, 3.05) is 32.6 Å². The summed E-state index contributed by atoms with van der Waals surface area (Å²) in [5.41, 5.74) is 1.01. The van der Waals surface area contributed by atoms with Gasteiger partial charge in [0.2, 0.25) is 11.8 Å². The molecule has 2 N–H and O–H groups in total. The maximum Gasteiger partial charge on any atom is 0.239 e. The van der Waals surface area contributed by atoms with Crippen molar-refractivity contribution in [1.82, 2.24) is 15.4 Å². The predicted molar refractivity (Wildman–Crippen MR) is 106 cm³/mol. The second-order valence-electron chi connectivity index (χ2n) is 7.11. The number of benzene rings is 1. The van der Waals surface area contributed by atoms with Crippen molar-refractivity contribution in [3.8, 4) is 5.75 Å². The molecule has 8 heteroatoms. The van der Waals surface area contributed by atoms with Crippen LogP contribution in [0.15, 0.2) is 34.9 Å². The molecule has 0 radical (unpaired) electrons. The van der Waals surface area contributed by atoms with Crippen LogP contribution >= 0.6 is 0 Å². The topological polar surface area (TPSA) is 96.7 Å². The van der Waals surface area contributed by atoms with E-state index in [4.69, 9.17) is 9.26 Å². The molecular weight excluding hydrogens is 360 g/mol. The largest absolute Gasteiger partial charge is 0.497 e. The molecule has 0 unspecified atom stereocenters. The molecule has 2 rings (SSSR count). The number of amides is 2. The second kappa shape index (κ2) is 9.89. The first-order valence-electron chi connectivity index (χ1n) is 9.13. The summed E-state index contributed by atoms with van der Waals surface area (Å²) in [5.74, 6) is 1.54. The minimum Gasteiger partial charge on any atom is -0.497 e. The number of anilines is 1. The van der Waals surface area contributed by atoms with Crippen LogP contribution in [0.1, 0.15) is 31.2 Å². The summed E-state index contributed by atoms with van der Waals surface area (Å²) in [7, 11) is 3.33. The Morgan fingerprint density at radius 2 is 1.82 bits per heavy atom. The number of likely N-dealkylation sites (N-methyl/N-ethyl adjacent to an activating group) is 1. The highest BCUT2D eigenvalue weighted by atomic mass is 16.5. The van der Waals surface area contributed by atoms with Crippen LogP contribution in [0.4, 0.5) is 5.82 Å². The molecule has 0 aliphatic carbocycles. The molecule has 2 amide bonds. The lowest BCUT2D eigenvalue weighted by atomic mass is 9.96. The first-order valence-corrected chi connectivity index (χ1v) is 9.13. The third-order valence-electron chi connectivity index (χ3n) is 4.18. The van der Waals surface area contributed by atoms with Gasteiger partial charge in [0.1, 0.15) is 11.5 Å². The Hall–Kier alpha value is -2.87. The van der Waals surface area contributed by atoms with E-state index in [0.717, 1.165) is 11.3 Å². The number of rotatable bonds is 9. The Bertz CT molecular complexity index is 786. The highest BCUT2D eigenvalue weighted by molar-refractivity contribution is 5.91. The molecule has 1 atom stereocenters. The van der Waals surface area contributed by atoms with E-state index in [1.165, 1.54) is 0 Å². The van der Waals surface area contributed by atoms with Gasteiger partial charge < -0.3 is 19.9 Å². The van der Waals surface area contributed by atoms with E-state index >= 15 is 0 Å². The average molecular weight is 388 g/mol. The van der Waals surface area contributed by atoms with Crippen LogP contribution in [-0.2, 0) is 9.59 Å². The van der Waals surface area contributed by atoms with Crippen molar-refractivity contribution in [1.29, 1.82) is 0 Å². The second-order valence-corrected chi connectivity index (χ2v) is 7.11. The fourth-order valence-corrected chi connectivity index (χ4v) is 2.82. The summed E-state index contributed by atoms with van der Waals surface area (Å²) in [5, 5.41) is 9.40. The molecule has 0 saturated heterocycles. The van der Waals surface area contributed by atoms with E-state index in [-0.39, 0.29) is 36.9 Å². The molecule has 28 heavy (non-hydrogen) atoms. The van der Waals surface area contributed by atoms with Crippen LogP contribution in [0, 0.1) is 12.8 Å². The van der Waals surface area contributed by atoms with Crippen LogP contribution in [0.3, 0.4) is 0 Å². The number of aryl methyl sites for hydroxylation is 1. The molecule has 0 aliphatic rings. The normalized spacial score (nSPS) is 12.1. The van der Waals surface area contributed by atoms with Gasteiger partial charge in [-0.15, -0.1) is 0 Å². The molecule has 8 nitrogen and oxygen atoms in total. The number of ether oxygens (including phenoxy) is 1. The van der Waals surface area contributed by atoms with E-state index in [2.05, 4.69) is 15.8 Å². The van der Waals surface area contributed by atoms with Gasteiger partial charge in [-0.3, -0.25) is 14.5 Å². The smallest absolute Gasteiger partial charge is 0.239 e. The summed E-state index contributed by atoms with van der Waals surface area (Å²) in [4.78, 5) is 26.2. The predicted octanol–water partition coefficient (Wildman–Crippen LogP) is 2.38. The van der Waals surface area contributed by atoms with Gasteiger partial charge in [0.25, 0.3) is 0 Å². The van der Waals surface area contributed by atoms with Gasteiger partial charge in [0.05, 0.1) is 26.2 Å². The number of carbonyl (C=O) groups is 2. The molecule has 1 aromatic heterocycles. The Morgan fingerprint density at radius 1 is 1.18 bits per heavy atom. The van der Waals surface area contributed by atoms with Crippen LogP contribution in [0.25, 0.3) is 0 Å². The first-order chi connectivity index (χ1) is 13.3. The van der Waals surface area contributed by atoms with Crippen molar-refractivity contribution < 1.29 is 18.8 Å². The van der Waals surface area contributed by atoms with Crippen molar-refractivity contribution >= 4 is 17.6 Å². The van der Waals surface area contributed by atoms with Gasteiger partial charge >= 0.3 is 0 Å². The molecule has 152 valence electrons. The fourth-order valence-electron chi connectivity index (χ4n) is 2.82. The average Bonchev–Trinajstić information content (AvgIpc) is 3.03. The third-order valence-corrected chi connectivity index (χ3v) is 4.18. The lowest BCUT2D eigenvalue weighted by Crippen LogP contribution is -2.41. The monoisotopic (exact) mass is 388 g/mol. The van der Waals surface area contributed by atoms with Crippen LogP contribution < -0.4 is 15.4 Å². The maximum atomic E-state index is 12.5. The fraction of sp³-hybridized carbons (Fsp3) is 0.450. The number of methoxy groups -OCH3 is 1. The molecule has 0 saturated carbocycles. The van der Waals surface area contributed by atoms with Gasteiger partial charge in [-0.25, -0.2) is 0 Å². The SMILES string of the molecule is COc1ccc([C@@H](NC(=O)CN(C)CC(=O)Nc2cc(C)on2)C(C)C)cc1. The zero-order valence-electron chi connectivity index (χ0n) is 17.0. The number of carbonyl (C=O) groups excluding carboxylic acids is 2. The number of nitrogens with one attached hydrogen (secondary N) is 2. The molecule has 2 aromatic rings. The van der Waals surface area contributed by atoms with Crippen LogP contribution in [0.5, 0.6) is 5.75 Å². The zero-order chi connectivity index (χ0) is 20.7. The Balaban J connectivity index is 1.87. The van der Waals surface area contributed by atoms with Crippen molar-refractivity contribution in [2.24, 2.45) is 5.92 Å². The first kappa shape index (κ1) is 21.4. The minimum absolute atomic E-state index is 0.0637. The summed E-state index contributed by atoms with van der Waals surface area (Å²) < 4.78 is 10.1. The van der Waals surface area contributed by atoms with Gasteiger partial charge in [0, 0.05) is 6.07 Å². The summed E-state index contributed by atoms with van der Waals surface area (Å²) in [6.45, 7) is 6.00. The number of hydrogen-bond donors (Lipinski definition) is 2. The van der Waals surface area contributed by atoms with Gasteiger partial charge in [-0.2, -0.15) is 0 Å². The van der Waals surface area contributed by atoms with Crippen molar-refractivity contribution in [2.45, 2.75) is 26.8 Å². The van der Waals surface area contributed by atoms with Gasteiger partial charge in [-0.1, -0.05) is 31.1 Å². The molecular formula is C20H28N4O4. The van der Waals surface area contributed by atoms with E-state index in [1.54, 1.807) is 32.0 Å². The van der Waals surface area contributed by atoms with Crippen LogP contribution in [-0.4, -0.2) is 49.1 Å². The quantitative estimate of drug-likeness (QED) is 0.685. The Morgan fingerprint density at radius 3 is 2.36 bits per heavy atom. The number of aromatic nitrogens is 1. The highest BCUT2D eigenvalue weighted by Crippen LogP contribution is 2.23. The van der Waals surface area contributed by atoms with E-state index in [0.29, 0.717) is 11.6 Å². The minimum atomic E-state index is -0.265. The molecule has 0 spiro atoms. The van der Waals surface area contributed by atoms with Gasteiger partial charge in [-0.05, 0) is 37.6 Å². The van der Waals surface area contributed by atoms with E-state index in [9.17, 15) is 9.59 Å². The number of nitrogens with zero attached hydrogens (tertiary/aromatic N) is 2. The summed E-state index contributed by atoms with van der Waals surface area (Å²) >= 11 is 0. The molecule has 0 aliphatic heterocycles. The standard InChI is InChI=1S/C20H28N4O4/c1-13(2)20(15-6-8-16(27-5)9-7-15)22-19(26)12-24(4)11-18(25)21-17-10-14(3)28-23-17/h6-10,13,20H,11-12H2,1-5H3,(H,22,26)(H,21,23,25)/t20-/m0/s1. The van der Waals surface area contributed by atoms with E-state index < -0.39 is 0 Å². The molecule has 0 fully saturated rings. The molecule has 0 bridgehead atoms. The zero-order valence-corrected chi connectivity index (χ0v) is 17.0. The van der Waals surface area contributed by atoms with Crippen molar-refractivity contribution in [3.05, 3.63) is 41.7 Å². The lowest BCUT2D eigenvalue weighted by Gasteiger charge is -2.24. The summed E-state index contributed by atoms with van der Waals surface area (Å²) in [6, 6.07) is 9.14.